The zero-order valence-corrected chi connectivity index (χ0v) is 8.65. The van der Waals surface area contributed by atoms with Crippen molar-refractivity contribution < 1.29 is 0 Å². The monoisotopic (exact) mass is 157 g/mol. The predicted octanol–water partition coefficient (Wildman–Crippen LogP) is 1.91. The molecule has 0 aromatic heterocycles. The summed E-state index contributed by atoms with van der Waals surface area (Å²) >= 11 is 0. The molecule has 0 saturated carbocycles. The van der Waals surface area contributed by atoms with E-state index in [1.807, 2.05) is 0 Å². The van der Waals surface area contributed by atoms with E-state index >= 15 is 0 Å². The average molecular weight is 157 g/mol. The summed E-state index contributed by atoms with van der Waals surface area (Å²) in [5.74, 6) is 0. The van der Waals surface area contributed by atoms with Gasteiger partial charge < -0.3 is 4.90 Å². The highest BCUT2D eigenvalue weighted by molar-refractivity contribution is 6.83. The second kappa shape index (κ2) is 3.94. The van der Waals surface area contributed by atoms with E-state index in [-0.39, 0.29) is 0 Å². The van der Waals surface area contributed by atoms with Crippen molar-refractivity contribution in [3.05, 3.63) is 12.3 Å². The second-order valence-corrected chi connectivity index (χ2v) is 8.19. The van der Waals surface area contributed by atoms with Crippen LogP contribution in [0.2, 0.25) is 12.6 Å². The van der Waals surface area contributed by atoms with Gasteiger partial charge in [0.05, 0.1) is 8.07 Å². The van der Waals surface area contributed by atoms with E-state index in [1.165, 1.54) is 12.2 Å². The minimum atomic E-state index is -1.07. The SMILES string of the molecule is C=C[Si](C)(CC)CN(C)C. The average Bonchev–Trinajstić information content (AvgIpc) is 1.87. The summed E-state index contributed by atoms with van der Waals surface area (Å²) in [7, 11) is 3.19. The third-order valence-corrected chi connectivity index (χ3v) is 5.93. The fourth-order valence-electron chi connectivity index (χ4n) is 1.04. The van der Waals surface area contributed by atoms with Crippen molar-refractivity contribution in [3.63, 3.8) is 0 Å². The van der Waals surface area contributed by atoms with E-state index in [9.17, 15) is 0 Å². The van der Waals surface area contributed by atoms with Crippen LogP contribution < -0.4 is 0 Å². The van der Waals surface area contributed by atoms with Crippen LogP contribution in [0.4, 0.5) is 0 Å². The van der Waals surface area contributed by atoms with E-state index in [1.54, 1.807) is 0 Å². The standard InChI is InChI=1S/C8H19NSi/c1-6-10(5,7-2)8-9(3)4/h6H,1,7-8H2,2-5H3. The Balaban J connectivity index is 3.92. The second-order valence-electron chi connectivity index (χ2n) is 3.45. The van der Waals surface area contributed by atoms with Crippen molar-refractivity contribution in [3.8, 4) is 0 Å². The maximum absolute atomic E-state index is 3.89. The van der Waals surface area contributed by atoms with Gasteiger partial charge in [-0.3, -0.25) is 0 Å². The smallest absolute Gasteiger partial charge is 0.0882 e. The maximum Gasteiger partial charge on any atom is 0.0882 e. The Hall–Kier alpha value is -0.0831. The Morgan fingerprint density at radius 3 is 2.10 bits per heavy atom. The Bertz CT molecular complexity index is 112. The van der Waals surface area contributed by atoms with Crippen LogP contribution in [0.25, 0.3) is 0 Å². The number of rotatable bonds is 4. The summed E-state index contributed by atoms with van der Waals surface area (Å²) in [6, 6.07) is 1.30. The van der Waals surface area contributed by atoms with Gasteiger partial charge in [-0.25, -0.2) is 0 Å². The molecule has 0 fully saturated rings. The van der Waals surface area contributed by atoms with E-state index in [2.05, 4.69) is 44.7 Å². The van der Waals surface area contributed by atoms with Gasteiger partial charge >= 0.3 is 0 Å². The van der Waals surface area contributed by atoms with E-state index in [0.717, 1.165) is 0 Å². The lowest BCUT2D eigenvalue weighted by Gasteiger charge is -2.25. The normalized spacial score (nSPS) is 16.9. The van der Waals surface area contributed by atoms with Gasteiger partial charge in [-0.1, -0.05) is 19.5 Å². The molecule has 0 heterocycles. The number of hydrogen-bond acceptors (Lipinski definition) is 1. The largest absolute Gasteiger partial charge is 0.312 e. The summed E-state index contributed by atoms with van der Waals surface area (Å²) in [5.41, 5.74) is 2.19. The van der Waals surface area contributed by atoms with Crippen molar-refractivity contribution in [2.75, 3.05) is 20.3 Å². The van der Waals surface area contributed by atoms with Gasteiger partial charge in [0.25, 0.3) is 0 Å². The zero-order chi connectivity index (χ0) is 8.20. The quantitative estimate of drug-likeness (QED) is 0.564. The Morgan fingerprint density at radius 2 is 2.00 bits per heavy atom. The highest BCUT2D eigenvalue weighted by Gasteiger charge is 2.20. The third-order valence-electron chi connectivity index (χ3n) is 1.98. The highest BCUT2D eigenvalue weighted by atomic mass is 28.3. The van der Waals surface area contributed by atoms with Gasteiger partial charge in [-0.05, 0) is 20.3 Å². The molecular formula is C8H19NSi. The zero-order valence-electron chi connectivity index (χ0n) is 7.65. The summed E-state index contributed by atoms with van der Waals surface area (Å²) in [6.45, 7) is 8.53. The first-order valence-corrected chi connectivity index (χ1v) is 6.81. The summed E-state index contributed by atoms with van der Waals surface area (Å²) in [5, 5.41) is 0. The van der Waals surface area contributed by atoms with E-state index < -0.39 is 8.07 Å². The van der Waals surface area contributed by atoms with Gasteiger partial charge in [-0.2, -0.15) is 0 Å². The maximum atomic E-state index is 3.89. The molecule has 1 nitrogen and oxygen atoms in total. The van der Waals surface area contributed by atoms with Crippen molar-refractivity contribution in [2.24, 2.45) is 0 Å². The van der Waals surface area contributed by atoms with Crippen LogP contribution in [0, 0.1) is 0 Å². The molecule has 0 N–H and O–H groups in total. The molecule has 1 unspecified atom stereocenters. The minimum Gasteiger partial charge on any atom is -0.312 e. The molecular weight excluding hydrogens is 138 g/mol. The lowest BCUT2D eigenvalue weighted by molar-refractivity contribution is 0.471. The van der Waals surface area contributed by atoms with Gasteiger partial charge in [-0.15, -0.1) is 12.3 Å². The molecule has 0 aromatic carbocycles. The van der Waals surface area contributed by atoms with Gasteiger partial charge in [0.2, 0.25) is 0 Å². The molecule has 0 radical (unpaired) electrons. The van der Waals surface area contributed by atoms with E-state index in [0.29, 0.717) is 0 Å². The van der Waals surface area contributed by atoms with Gasteiger partial charge in [0, 0.05) is 0 Å². The van der Waals surface area contributed by atoms with Crippen LogP contribution in [-0.4, -0.2) is 33.2 Å². The van der Waals surface area contributed by atoms with Crippen LogP contribution in [0.3, 0.4) is 0 Å². The van der Waals surface area contributed by atoms with Crippen molar-refractivity contribution in [1.29, 1.82) is 0 Å². The molecule has 10 heavy (non-hydrogen) atoms. The Kier molecular flexibility index (Phi) is 3.90. The molecule has 2 heteroatoms. The summed E-state index contributed by atoms with van der Waals surface area (Å²) in [6.07, 6.45) is 1.23. The van der Waals surface area contributed by atoms with Crippen molar-refractivity contribution in [2.45, 2.75) is 19.5 Å². The first-order valence-electron chi connectivity index (χ1n) is 3.82. The molecule has 0 rings (SSSR count). The molecule has 0 spiro atoms. The van der Waals surface area contributed by atoms with Crippen molar-refractivity contribution in [1.82, 2.24) is 4.90 Å². The fourth-order valence-corrected chi connectivity index (χ4v) is 3.13. The molecule has 0 saturated heterocycles. The van der Waals surface area contributed by atoms with Crippen LogP contribution in [-0.2, 0) is 0 Å². The van der Waals surface area contributed by atoms with Crippen LogP contribution in [0.15, 0.2) is 12.3 Å². The molecule has 0 aliphatic carbocycles. The third kappa shape index (κ3) is 3.18. The number of hydrogen-bond donors (Lipinski definition) is 0. The minimum absolute atomic E-state index is 1.07. The van der Waals surface area contributed by atoms with Crippen LogP contribution >= 0.6 is 0 Å². The highest BCUT2D eigenvalue weighted by Crippen LogP contribution is 2.10. The summed E-state index contributed by atoms with van der Waals surface area (Å²) < 4.78 is 0. The fraction of sp³-hybridized carbons (Fsp3) is 0.750. The molecule has 60 valence electrons. The van der Waals surface area contributed by atoms with Crippen LogP contribution in [0.1, 0.15) is 6.92 Å². The van der Waals surface area contributed by atoms with E-state index in [4.69, 9.17) is 0 Å². The lowest BCUT2D eigenvalue weighted by Crippen LogP contribution is -2.39. The molecule has 0 aliphatic heterocycles. The molecule has 0 bridgehead atoms. The molecule has 0 aliphatic rings. The first-order chi connectivity index (χ1) is 4.54. The number of nitrogens with zero attached hydrogens (tertiary/aromatic N) is 1. The summed E-state index contributed by atoms with van der Waals surface area (Å²) in [4.78, 5) is 2.26. The lowest BCUT2D eigenvalue weighted by atomic mass is 11.0. The van der Waals surface area contributed by atoms with Gasteiger partial charge in [0.15, 0.2) is 0 Å². The Labute approximate surface area is 65.7 Å². The Morgan fingerprint density at radius 1 is 1.50 bits per heavy atom. The first kappa shape index (κ1) is 9.92. The predicted molar refractivity (Wildman–Crippen MR) is 50.9 cm³/mol. The van der Waals surface area contributed by atoms with Crippen molar-refractivity contribution >= 4 is 8.07 Å². The topological polar surface area (TPSA) is 3.24 Å². The van der Waals surface area contributed by atoms with Gasteiger partial charge in [0.1, 0.15) is 0 Å². The molecule has 0 aromatic rings. The molecule has 1 atom stereocenters. The molecule has 0 amide bonds. The van der Waals surface area contributed by atoms with Crippen LogP contribution in [0.5, 0.6) is 0 Å².